The predicted molar refractivity (Wildman–Crippen MR) is 102 cm³/mol. The lowest BCUT2D eigenvalue weighted by molar-refractivity contribution is -0.140. The molecule has 0 unspecified atom stereocenters. The molecule has 0 atom stereocenters. The number of thiazole rings is 1. The van der Waals surface area contributed by atoms with Crippen molar-refractivity contribution < 1.29 is 13.2 Å². The van der Waals surface area contributed by atoms with Gasteiger partial charge in [-0.3, -0.25) is 9.13 Å². The number of nitrogens with zero attached hydrogens (tertiary/aromatic N) is 5. The number of aromatic nitrogens is 4. The molecule has 0 aliphatic carbocycles. The SMILES string of the molecule is CCn1c(=O)n(CC2CCN(c3nc(C(F)(F)F)cs3)CC2)c2ncccc21. The Bertz CT molecular complexity index is 1030. The van der Waals surface area contributed by atoms with Gasteiger partial charge in [-0.2, -0.15) is 13.2 Å². The fourth-order valence-electron chi connectivity index (χ4n) is 3.72. The number of rotatable bonds is 4. The Balaban J connectivity index is 1.47. The Morgan fingerprint density at radius 2 is 2.00 bits per heavy atom. The van der Waals surface area contributed by atoms with Gasteiger partial charge in [-0.25, -0.2) is 14.8 Å². The predicted octanol–water partition coefficient (Wildman–Crippen LogP) is 3.61. The van der Waals surface area contributed by atoms with Crippen LogP contribution >= 0.6 is 11.3 Å². The van der Waals surface area contributed by atoms with Gasteiger partial charge in [0.2, 0.25) is 0 Å². The molecule has 1 saturated heterocycles. The highest BCUT2D eigenvalue weighted by Crippen LogP contribution is 2.34. The van der Waals surface area contributed by atoms with Crippen LogP contribution in [0.3, 0.4) is 0 Å². The Hall–Kier alpha value is -2.36. The number of fused-ring (bicyclic) bond motifs is 1. The summed E-state index contributed by atoms with van der Waals surface area (Å²) >= 11 is 1.03. The molecule has 0 N–H and O–H groups in total. The quantitative estimate of drug-likeness (QED) is 0.658. The number of halogens is 3. The minimum Gasteiger partial charge on any atom is -0.348 e. The van der Waals surface area contributed by atoms with Crippen molar-refractivity contribution in [2.45, 2.75) is 39.0 Å². The van der Waals surface area contributed by atoms with Gasteiger partial charge in [-0.15, -0.1) is 11.3 Å². The molecule has 0 spiro atoms. The molecule has 4 heterocycles. The van der Waals surface area contributed by atoms with Crippen LogP contribution in [0.15, 0.2) is 28.5 Å². The van der Waals surface area contributed by atoms with E-state index in [9.17, 15) is 18.0 Å². The molecule has 0 saturated carbocycles. The van der Waals surface area contributed by atoms with Gasteiger partial charge in [0.25, 0.3) is 0 Å². The maximum absolute atomic E-state index is 12.8. The molecule has 4 rings (SSSR count). The van der Waals surface area contributed by atoms with Gasteiger partial charge in [0, 0.05) is 37.8 Å². The Morgan fingerprint density at radius 1 is 1.25 bits per heavy atom. The summed E-state index contributed by atoms with van der Waals surface area (Å²) in [6.45, 7) is 4.34. The van der Waals surface area contributed by atoms with Crippen LogP contribution in [0.4, 0.5) is 18.3 Å². The van der Waals surface area contributed by atoms with Crippen molar-refractivity contribution in [1.82, 2.24) is 19.1 Å². The minimum absolute atomic E-state index is 0.0617. The van der Waals surface area contributed by atoms with E-state index in [1.165, 1.54) is 0 Å². The van der Waals surface area contributed by atoms with Crippen molar-refractivity contribution in [3.05, 3.63) is 39.9 Å². The van der Waals surface area contributed by atoms with Crippen molar-refractivity contribution in [3.63, 3.8) is 0 Å². The average Bonchev–Trinajstić information content (AvgIpc) is 3.27. The summed E-state index contributed by atoms with van der Waals surface area (Å²) in [6, 6.07) is 3.72. The van der Waals surface area contributed by atoms with Crippen molar-refractivity contribution in [2.24, 2.45) is 5.92 Å². The highest BCUT2D eigenvalue weighted by atomic mass is 32.1. The molecule has 0 aromatic carbocycles. The molecule has 0 bridgehead atoms. The monoisotopic (exact) mass is 411 g/mol. The fourth-order valence-corrected chi connectivity index (χ4v) is 4.61. The van der Waals surface area contributed by atoms with E-state index in [2.05, 4.69) is 9.97 Å². The molecule has 1 fully saturated rings. The number of hydrogen-bond acceptors (Lipinski definition) is 5. The first-order valence-electron chi connectivity index (χ1n) is 9.20. The average molecular weight is 411 g/mol. The van der Waals surface area contributed by atoms with Gasteiger partial charge in [-0.1, -0.05) is 0 Å². The second kappa shape index (κ2) is 7.23. The third kappa shape index (κ3) is 3.41. The third-order valence-corrected chi connectivity index (χ3v) is 6.10. The number of aryl methyl sites for hydroxylation is 1. The van der Waals surface area contributed by atoms with E-state index >= 15 is 0 Å². The van der Waals surface area contributed by atoms with Crippen molar-refractivity contribution in [2.75, 3.05) is 18.0 Å². The third-order valence-electron chi connectivity index (χ3n) is 5.20. The van der Waals surface area contributed by atoms with Crippen LogP contribution < -0.4 is 10.6 Å². The Kier molecular flexibility index (Phi) is 4.90. The summed E-state index contributed by atoms with van der Waals surface area (Å²) < 4.78 is 41.7. The van der Waals surface area contributed by atoms with Crippen LogP contribution in [0.25, 0.3) is 11.2 Å². The van der Waals surface area contributed by atoms with E-state index in [0.29, 0.717) is 37.0 Å². The highest BCUT2D eigenvalue weighted by molar-refractivity contribution is 7.13. The number of hydrogen-bond donors (Lipinski definition) is 0. The lowest BCUT2D eigenvalue weighted by Gasteiger charge is -2.31. The second-order valence-electron chi connectivity index (χ2n) is 6.93. The molecular formula is C18H20F3N5OS. The molecule has 6 nitrogen and oxygen atoms in total. The molecule has 3 aromatic rings. The molecule has 1 aliphatic heterocycles. The summed E-state index contributed by atoms with van der Waals surface area (Å²) in [7, 11) is 0. The molecule has 28 heavy (non-hydrogen) atoms. The van der Waals surface area contributed by atoms with Gasteiger partial charge < -0.3 is 4.90 Å². The van der Waals surface area contributed by atoms with E-state index in [1.807, 2.05) is 24.0 Å². The van der Waals surface area contributed by atoms with Crippen LogP contribution in [0.2, 0.25) is 0 Å². The number of pyridine rings is 1. The zero-order valence-corrected chi connectivity index (χ0v) is 16.1. The molecular weight excluding hydrogens is 391 g/mol. The summed E-state index contributed by atoms with van der Waals surface area (Å²) in [5.74, 6) is 0.272. The standard InChI is InChI=1S/C18H20F3N5OS/c1-2-25-13-4-3-7-22-15(13)26(17(25)27)10-12-5-8-24(9-6-12)16-23-14(11-28-16)18(19,20)21/h3-4,7,11-12H,2,5-6,8-10H2,1H3. The largest absolute Gasteiger partial charge is 0.434 e. The van der Waals surface area contributed by atoms with E-state index in [4.69, 9.17) is 0 Å². The highest BCUT2D eigenvalue weighted by Gasteiger charge is 2.34. The van der Waals surface area contributed by atoms with Crippen LogP contribution in [0.5, 0.6) is 0 Å². The van der Waals surface area contributed by atoms with Crippen LogP contribution in [-0.2, 0) is 19.3 Å². The fraction of sp³-hybridized carbons (Fsp3) is 0.500. The van der Waals surface area contributed by atoms with E-state index < -0.39 is 11.9 Å². The van der Waals surface area contributed by atoms with Crippen LogP contribution in [0.1, 0.15) is 25.5 Å². The molecule has 150 valence electrons. The molecule has 10 heteroatoms. The maximum Gasteiger partial charge on any atom is 0.434 e. The molecule has 0 radical (unpaired) electrons. The normalized spacial score (nSPS) is 16.2. The van der Waals surface area contributed by atoms with Gasteiger partial charge in [-0.05, 0) is 37.8 Å². The smallest absolute Gasteiger partial charge is 0.348 e. The topological polar surface area (TPSA) is 56.0 Å². The summed E-state index contributed by atoms with van der Waals surface area (Å²) in [4.78, 5) is 22.7. The number of piperidine rings is 1. The minimum atomic E-state index is -4.41. The number of alkyl halides is 3. The Morgan fingerprint density at radius 3 is 2.64 bits per heavy atom. The summed E-state index contributed by atoms with van der Waals surface area (Å²) in [5, 5.41) is 1.47. The van der Waals surface area contributed by atoms with Gasteiger partial charge >= 0.3 is 11.9 Å². The second-order valence-corrected chi connectivity index (χ2v) is 7.76. The zero-order chi connectivity index (χ0) is 19.9. The molecule has 3 aromatic heterocycles. The number of imidazole rings is 1. The zero-order valence-electron chi connectivity index (χ0n) is 15.3. The van der Waals surface area contributed by atoms with E-state index in [0.717, 1.165) is 35.1 Å². The molecule has 1 aliphatic rings. The first kappa shape index (κ1) is 19.0. The van der Waals surface area contributed by atoms with Crippen LogP contribution in [0, 0.1) is 5.92 Å². The van der Waals surface area contributed by atoms with Crippen molar-refractivity contribution in [1.29, 1.82) is 0 Å². The van der Waals surface area contributed by atoms with Gasteiger partial charge in [0.05, 0.1) is 5.52 Å². The van der Waals surface area contributed by atoms with E-state index in [1.54, 1.807) is 15.3 Å². The summed E-state index contributed by atoms with van der Waals surface area (Å²) in [6.07, 6.45) is -1.14. The van der Waals surface area contributed by atoms with Gasteiger partial charge in [0.15, 0.2) is 16.5 Å². The van der Waals surface area contributed by atoms with Crippen LogP contribution in [-0.4, -0.2) is 32.2 Å². The lowest BCUT2D eigenvalue weighted by Crippen LogP contribution is -2.36. The van der Waals surface area contributed by atoms with Gasteiger partial charge in [0.1, 0.15) is 0 Å². The summed E-state index contributed by atoms with van der Waals surface area (Å²) in [5.41, 5.74) is 0.620. The van der Waals surface area contributed by atoms with Crippen molar-refractivity contribution in [3.8, 4) is 0 Å². The lowest BCUT2D eigenvalue weighted by atomic mass is 9.97. The molecule has 0 amide bonds. The van der Waals surface area contributed by atoms with Crippen molar-refractivity contribution >= 4 is 27.6 Å². The maximum atomic E-state index is 12.8. The Labute approximate surface area is 163 Å². The number of anilines is 1. The van der Waals surface area contributed by atoms with E-state index in [-0.39, 0.29) is 11.6 Å². The first-order valence-corrected chi connectivity index (χ1v) is 10.1. The first-order chi connectivity index (χ1) is 13.4.